The molecule has 0 fully saturated rings. The Morgan fingerprint density at radius 1 is 1.21 bits per heavy atom. The molecule has 0 spiro atoms. The SMILES string of the molecule is CC[C@@H]1Oc2ccc(Cl)cc2N(CC(=O)Nc2ccc3c(c2)C(=O)N(C)C2=NCCN23)C1=O. The molecule has 0 saturated heterocycles. The third-order valence-corrected chi connectivity index (χ3v) is 6.15. The average molecular weight is 468 g/mol. The van der Waals surface area contributed by atoms with Crippen LogP contribution in [0.4, 0.5) is 17.1 Å². The van der Waals surface area contributed by atoms with Crippen LogP contribution in [0.2, 0.25) is 5.02 Å². The number of guanidine groups is 1. The molecule has 1 N–H and O–H groups in total. The van der Waals surface area contributed by atoms with Gasteiger partial charge in [0.15, 0.2) is 6.10 Å². The van der Waals surface area contributed by atoms with Crippen LogP contribution < -0.4 is 19.9 Å². The molecular formula is C23H22ClN5O4. The highest BCUT2D eigenvalue weighted by Gasteiger charge is 2.36. The Morgan fingerprint density at radius 3 is 2.82 bits per heavy atom. The van der Waals surface area contributed by atoms with Crippen LogP contribution in [0.5, 0.6) is 5.75 Å². The van der Waals surface area contributed by atoms with Crippen molar-refractivity contribution in [1.82, 2.24) is 4.90 Å². The number of nitrogens with zero attached hydrogens (tertiary/aromatic N) is 4. The van der Waals surface area contributed by atoms with Crippen LogP contribution in [0, 0.1) is 0 Å². The van der Waals surface area contributed by atoms with Crippen molar-refractivity contribution in [3.8, 4) is 5.75 Å². The Morgan fingerprint density at radius 2 is 2.03 bits per heavy atom. The van der Waals surface area contributed by atoms with Crippen molar-refractivity contribution in [2.75, 3.05) is 41.8 Å². The van der Waals surface area contributed by atoms with E-state index < -0.39 is 12.0 Å². The summed E-state index contributed by atoms with van der Waals surface area (Å²) in [5, 5.41) is 3.24. The maximum absolute atomic E-state index is 12.9. The predicted molar refractivity (Wildman–Crippen MR) is 125 cm³/mol. The number of fused-ring (bicyclic) bond motifs is 4. The highest BCUT2D eigenvalue weighted by molar-refractivity contribution is 6.31. The first-order chi connectivity index (χ1) is 15.9. The lowest BCUT2D eigenvalue weighted by molar-refractivity contribution is -0.128. The number of carbonyl (C=O) groups excluding carboxylic acids is 3. The number of benzene rings is 2. The molecule has 0 saturated carbocycles. The van der Waals surface area contributed by atoms with E-state index in [-0.39, 0.29) is 18.4 Å². The van der Waals surface area contributed by atoms with Crippen LogP contribution in [-0.4, -0.2) is 61.4 Å². The summed E-state index contributed by atoms with van der Waals surface area (Å²) in [5.41, 5.74) is 2.18. The second-order valence-corrected chi connectivity index (χ2v) is 8.47. The van der Waals surface area contributed by atoms with E-state index in [1.807, 2.05) is 11.8 Å². The summed E-state index contributed by atoms with van der Waals surface area (Å²) in [6.45, 7) is 2.97. The molecule has 1 atom stereocenters. The molecule has 3 aliphatic rings. The lowest BCUT2D eigenvalue weighted by Crippen LogP contribution is -2.48. The summed E-state index contributed by atoms with van der Waals surface area (Å²) in [4.78, 5) is 47.9. The zero-order chi connectivity index (χ0) is 23.3. The van der Waals surface area contributed by atoms with Gasteiger partial charge in [-0.15, -0.1) is 0 Å². The number of nitrogens with one attached hydrogen (secondary N) is 1. The van der Waals surface area contributed by atoms with E-state index in [4.69, 9.17) is 16.3 Å². The topological polar surface area (TPSA) is 94.6 Å². The van der Waals surface area contributed by atoms with Gasteiger partial charge in [-0.05, 0) is 42.8 Å². The normalized spacial score (nSPS) is 18.9. The fourth-order valence-electron chi connectivity index (χ4n) is 4.31. The van der Waals surface area contributed by atoms with Crippen LogP contribution in [0.25, 0.3) is 0 Å². The lowest BCUT2D eigenvalue weighted by Gasteiger charge is -2.34. The molecule has 0 aliphatic carbocycles. The van der Waals surface area contributed by atoms with E-state index in [1.54, 1.807) is 43.4 Å². The van der Waals surface area contributed by atoms with Gasteiger partial charge in [0.05, 0.1) is 23.5 Å². The first kappa shape index (κ1) is 21.3. The fourth-order valence-corrected chi connectivity index (χ4v) is 4.47. The summed E-state index contributed by atoms with van der Waals surface area (Å²) >= 11 is 6.12. The van der Waals surface area contributed by atoms with Crippen LogP contribution >= 0.6 is 11.6 Å². The Bertz CT molecular complexity index is 1210. The molecular weight excluding hydrogens is 446 g/mol. The first-order valence-electron chi connectivity index (χ1n) is 10.7. The van der Waals surface area contributed by atoms with Crippen molar-refractivity contribution in [2.45, 2.75) is 19.4 Å². The number of carbonyl (C=O) groups is 3. The van der Waals surface area contributed by atoms with Crippen molar-refractivity contribution >= 4 is 52.3 Å². The van der Waals surface area contributed by atoms with Crippen molar-refractivity contribution in [3.63, 3.8) is 0 Å². The van der Waals surface area contributed by atoms with Gasteiger partial charge in [-0.1, -0.05) is 18.5 Å². The van der Waals surface area contributed by atoms with Gasteiger partial charge >= 0.3 is 0 Å². The number of hydrogen-bond acceptors (Lipinski definition) is 6. The van der Waals surface area contributed by atoms with Crippen molar-refractivity contribution in [1.29, 1.82) is 0 Å². The van der Waals surface area contributed by atoms with E-state index >= 15 is 0 Å². The molecule has 0 radical (unpaired) electrons. The van der Waals surface area contributed by atoms with Crippen molar-refractivity contribution < 1.29 is 19.1 Å². The van der Waals surface area contributed by atoms with Gasteiger partial charge in [0, 0.05) is 24.3 Å². The minimum Gasteiger partial charge on any atom is -0.478 e. The number of aliphatic imine (C=N–C) groups is 1. The molecule has 0 bridgehead atoms. The number of hydrogen-bond donors (Lipinski definition) is 1. The fraction of sp³-hybridized carbons (Fsp3) is 0.304. The molecule has 9 nitrogen and oxygen atoms in total. The molecule has 0 aromatic heterocycles. The predicted octanol–water partition coefficient (Wildman–Crippen LogP) is 2.74. The zero-order valence-corrected chi connectivity index (χ0v) is 18.9. The number of anilines is 3. The van der Waals surface area contributed by atoms with Gasteiger partial charge < -0.3 is 15.0 Å². The maximum atomic E-state index is 12.9. The van der Waals surface area contributed by atoms with Gasteiger partial charge in [-0.2, -0.15) is 0 Å². The third-order valence-electron chi connectivity index (χ3n) is 5.92. The number of amides is 3. The second kappa shape index (κ2) is 8.08. The quantitative estimate of drug-likeness (QED) is 0.746. The van der Waals surface area contributed by atoms with E-state index in [0.717, 1.165) is 5.69 Å². The lowest BCUT2D eigenvalue weighted by atomic mass is 10.1. The maximum Gasteiger partial charge on any atom is 0.268 e. The Balaban J connectivity index is 1.38. The molecule has 33 heavy (non-hydrogen) atoms. The number of ether oxygens (including phenoxy) is 1. The largest absolute Gasteiger partial charge is 0.478 e. The number of halogens is 1. The molecule has 3 heterocycles. The van der Waals surface area contributed by atoms with E-state index in [0.29, 0.717) is 53.2 Å². The van der Waals surface area contributed by atoms with Gasteiger partial charge in [-0.3, -0.25) is 29.2 Å². The standard InChI is InChI=1S/C23H22ClN5O4/c1-3-18-22(32)29(17-10-13(24)4-7-19(17)33-18)12-20(30)26-14-5-6-16-15(11-14)21(31)27(2)23-25-8-9-28(16)23/h4-7,10-11,18H,3,8-9,12H2,1-2H3,(H,26,30)/t18-/m0/s1. The molecule has 170 valence electrons. The Kier molecular flexibility index (Phi) is 5.20. The van der Waals surface area contributed by atoms with Crippen molar-refractivity contribution in [2.24, 2.45) is 4.99 Å². The van der Waals surface area contributed by atoms with Gasteiger partial charge in [0.25, 0.3) is 11.8 Å². The first-order valence-corrected chi connectivity index (χ1v) is 11.1. The number of rotatable bonds is 4. The third kappa shape index (κ3) is 3.58. The Labute approximate surface area is 195 Å². The van der Waals surface area contributed by atoms with Gasteiger partial charge in [-0.25, -0.2) is 0 Å². The van der Waals surface area contributed by atoms with Crippen LogP contribution in [-0.2, 0) is 9.59 Å². The summed E-state index contributed by atoms with van der Waals surface area (Å²) < 4.78 is 5.76. The zero-order valence-electron chi connectivity index (χ0n) is 18.2. The van der Waals surface area contributed by atoms with Crippen molar-refractivity contribution in [3.05, 3.63) is 47.0 Å². The highest BCUT2D eigenvalue weighted by atomic mass is 35.5. The molecule has 2 aromatic rings. The minimum absolute atomic E-state index is 0.185. The molecule has 5 rings (SSSR count). The summed E-state index contributed by atoms with van der Waals surface area (Å²) in [7, 11) is 1.68. The van der Waals surface area contributed by atoms with E-state index in [1.165, 1.54) is 9.80 Å². The highest BCUT2D eigenvalue weighted by Crippen LogP contribution is 2.37. The Hall–Kier alpha value is -3.59. The second-order valence-electron chi connectivity index (χ2n) is 8.03. The average Bonchev–Trinajstić information content (AvgIpc) is 3.29. The van der Waals surface area contributed by atoms with Gasteiger partial charge in [0.1, 0.15) is 12.3 Å². The molecule has 3 aliphatic heterocycles. The summed E-state index contributed by atoms with van der Waals surface area (Å²) in [6, 6.07) is 10.2. The molecule has 10 heteroatoms. The summed E-state index contributed by atoms with van der Waals surface area (Å²) in [6.07, 6.45) is -0.193. The van der Waals surface area contributed by atoms with Gasteiger partial charge in [0.2, 0.25) is 11.9 Å². The molecule has 2 aromatic carbocycles. The van der Waals surface area contributed by atoms with E-state index in [2.05, 4.69) is 10.3 Å². The summed E-state index contributed by atoms with van der Waals surface area (Å²) in [5.74, 6) is 0.259. The monoisotopic (exact) mass is 467 g/mol. The minimum atomic E-state index is -0.667. The van der Waals surface area contributed by atoms with Crippen LogP contribution in [0.1, 0.15) is 23.7 Å². The van der Waals surface area contributed by atoms with Crippen LogP contribution in [0.15, 0.2) is 41.4 Å². The van der Waals surface area contributed by atoms with Crippen LogP contribution in [0.3, 0.4) is 0 Å². The molecule has 3 amide bonds. The molecule has 0 unspecified atom stereocenters. The smallest absolute Gasteiger partial charge is 0.268 e. The van der Waals surface area contributed by atoms with E-state index in [9.17, 15) is 14.4 Å².